The summed E-state index contributed by atoms with van der Waals surface area (Å²) >= 11 is 0. The summed E-state index contributed by atoms with van der Waals surface area (Å²) in [5.41, 5.74) is 11.3. The first-order chi connectivity index (χ1) is 28.8. The fraction of sp³-hybridized carbons (Fsp3) is 0.340. The number of rotatable bonds is 14. The quantitative estimate of drug-likeness (QED) is 0.0806. The Bertz CT molecular complexity index is 2020. The summed E-state index contributed by atoms with van der Waals surface area (Å²) < 4.78 is 0. The molecular weight excluding hydrogens is 868 g/mol. The van der Waals surface area contributed by atoms with Crippen molar-refractivity contribution in [1.29, 1.82) is 0 Å². The van der Waals surface area contributed by atoms with Gasteiger partial charge in [0.05, 0.1) is 0 Å². The van der Waals surface area contributed by atoms with Crippen molar-refractivity contribution in [2.75, 3.05) is 18.1 Å². The maximum Gasteiger partial charge on any atom is 4.00 e. The molecule has 6 nitrogen and oxygen atoms in total. The molecule has 6 aromatic rings. The Labute approximate surface area is 397 Å². The summed E-state index contributed by atoms with van der Waals surface area (Å²) in [7, 11) is -3.38. The van der Waals surface area contributed by atoms with E-state index >= 15 is 0 Å². The zero-order chi connectivity index (χ0) is 44.6. The second kappa shape index (κ2) is 24.2. The molecule has 0 aliphatic heterocycles. The summed E-state index contributed by atoms with van der Waals surface area (Å²) in [6.07, 6.45) is 1.54. The molecule has 0 aliphatic carbocycles. The van der Waals surface area contributed by atoms with Crippen LogP contribution in [0.3, 0.4) is 0 Å². The van der Waals surface area contributed by atoms with E-state index in [2.05, 4.69) is 147 Å². The van der Waals surface area contributed by atoms with Crippen LogP contribution in [-0.2, 0) is 31.6 Å². The van der Waals surface area contributed by atoms with Gasteiger partial charge in [-0.2, -0.15) is 6.17 Å². The van der Waals surface area contributed by atoms with Crippen LogP contribution in [0.5, 0.6) is 0 Å². The third-order valence-electron chi connectivity index (χ3n) is 11.9. The molecule has 0 fully saturated rings. The van der Waals surface area contributed by atoms with E-state index in [1.807, 2.05) is 120 Å². The smallest absolute Gasteiger partial charge is 0.695 e. The number of para-hydroxylation sites is 3. The van der Waals surface area contributed by atoms with Gasteiger partial charge in [-0.15, -0.1) is 18.8 Å². The van der Waals surface area contributed by atoms with Gasteiger partial charge in [0.2, 0.25) is 0 Å². The van der Waals surface area contributed by atoms with Crippen molar-refractivity contribution >= 4 is 33.5 Å². The SMILES string of the molecule is CC(C[N-][Si](C)(C)C(C)(C)C)(C[N-][Si](C)(C)C(C)(C)C)c1ccccn1.Cc1ccccc1.[Zr+4].c1ccc([N-][C@@H]([N-]N(c2ccccc2)c2ccccc2)c2ccccc2)cc1. The van der Waals surface area contributed by atoms with Crippen LogP contribution in [0.2, 0.25) is 36.3 Å². The maximum absolute atomic E-state index is 5.29. The fourth-order valence-corrected chi connectivity index (χ4v) is 8.10. The van der Waals surface area contributed by atoms with E-state index in [1.165, 1.54) is 5.56 Å². The first-order valence-corrected chi connectivity index (χ1v) is 27.4. The van der Waals surface area contributed by atoms with Crippen LogP contribution < -0.4 is 5.01 Å². The molecule has 1 heterocycles. The van der Waals surface area contributed by atoms with Crippen molar-refractivity contribution in [3.05, 3.63) is 214 Å². The van der Waals surface area contributed by atoms with Crippen LogP contribution in [0.1, 0.15) is 71.5 Å². The molecule has 0 saturated heterocycles. The molecule has 62 heavy (non-hydrogen) atoms. The van der Waals surface area contributed by atoms with Gasteiger partial charge in [-0.3, -0.25) is 4.98 Å². The van der Waals surface area contributed by atoms with Crippen LogP contribution in [0, 0.1) is 6.92 Å². The monoisotopic (exact) mass is 936 g/mol. The van der Waals surface area contributed by atoms with Gasteiger partial charge >= 0.3 is 26.2 Å². The first-order valence-electron chi connectivity index (χ1n) is 21.5. The standard InChI is InChI=1S/C25H21N3.C21H41N3Si2.C7H8.Zr/c1-5-13-21(14-6-1)25(26-22-15-7-2-8-16-22)27-28(23-17-9-3-10-18-23)24-19-11-4-12-20-24;1-19(2,3)25(8,9)23-16-21(7,18-14-12-13-15-22-18)17-24-26(10,11)20(4,5)6;1-7-5-3-2-4-6-7;/h1-20,25H;12-15H,16-17H2,1-11H3;2-6H,1H3;/q2*-2;;+4/t25-;;;/m0.../s1. The van der Waals surface area contributed by atoms with Gasteiger partial charge in [0, 0.05) is 23.3 Å². The molecule has 0 unspecified atom stereocenters. The van der Waals surface area contributed by atoms with Crippen LogP contribution in [0.4, 0.5) is 17.1 Å². The Hall–Kier alpha value is -3.95. The fourth-order valence-electron chi connectivity index (χ4n) is 5.66. The third-order valence-corrected chi connectivity index (χ3v) is 21.1. The van der Waals surface area contributed by atoms with Crippen LogP contribution >= 0.6 is 0 Å². The maximum atomic E-state index is 5.29. The van der Waals surface area contributed by atoms with Gasteiger partial charge in [0.15, 0.2) is 0 Å². The minimum Gasteiger partial charge on any atom is -0.695 e. The second-order valence-corrected chi connectivity index (χ2v) is 28.9. The predicted molar refractivity (Wildman–Crippen MR) is 271 cm³/mol. The molecule has 324 valence electrons. The summed E-state index contributed by atoms with van der Waals surface area (Å²) in [5, 5.41) is 7.39. The summed E-state index contributed by atoms with van der Waals surface area (Å²) in [5.74, 6) is 0. The van der Waals surface area contributed by atoms with Crippen molar-refractivity contribution < 1.29 is 26.2 Å². The van der Waals surface area contributed by atoms with E-state index < -0.39 is 16.5 Å². The average Bonchev–Trinajstić information content (AvgIpc) is 3.25. The van der Waals surface area contributed by atoms with Crippen molar-refractivity contribution in [2.24, 2.45) is 0 Å². The van der Waals surface area contributed by atoms with E-state index in [9.17, 15) is 0 Å². The molecule has 0 saturated carbocycles. The number of nitrogens with zero attached hydrogens (tertiary/aromatic N) is 6. The molecule has 0 bridgehead atoms. The van der Waals surface area contributed by atoms with Crippen molar-refractivity contribution in [3.8, 4) is 0 Å². The molecule has 6 rings (SSSR count). The Morgan fingerprint density at radius 2 is 0.903 bits per heavy atom. The molecular formula is C53H70N6Si2Zr. The minimum absolute atomic E-state index is 0. The zero-order valence-electron chi connectivity index (χ0n) is 39.4. The van der Waals surface area contributed by atoms with Crippen LogP contribution in [0.15, 0.2) is 176 Å². The third kappa shape index (κ3) is 16.3. The number of hydrogen-bond acceptors (Lipinski definition) is 2. The molecule has 0 amide bonds. The molecule has 5 aromatic carbocycles. The number of hydrogen-bond donors (Lipinski definition) is 0. The Morgan fingerprint density at radius 3 is 1.27 bits per heavy atom. The molecule has 0 aliphatic rings. The predicted octanol–water partition coefficient (Wildman–Crippen LogP) is 16.6. The van der Waals surface area contributed by atoms with Gasteiger partial charge in [0.25, 0.3) is 0 Å². The number of anilines is 2. The number of aromatic nitrogens is 1. The molecule has 0 spiro atoms. The van der Waals surface area contributed by atoms with Crippen molar-refractivity contribution in [2.45, 2.75) is 103 Å². The van der Waals surface area contributed by atoms with E-state index in [-0.39, 0.29) is 47.9 Å². The van der Waals surface area contributed by atoms with E-state index in [0.717, 1.165) is 41.4 Å². The van der Waals surface area contributed by atoms with Crippen molar-refractivity contribution in [1.82, 2.24) is 4.98 Å². The second-order valence-electron chi connectivity index (χ2n) is 19.0. The van der Waals surface area contributed by atoms with E-state index in [0.29, 0.717) is 0 Å². The molecule has 9 heteroatoms. The molecule has 1 aromatic heterocycles. The Balaban J connectivity index is 0.000000282. The molecule has 0 N–H and O–H groups in total. The Kier molecular flexibility index (Phi) is 20.5. The first kappa shape index (κ1) is 52.4. The topological polar surface area (TPSA) is 72.5 Å². The van der Waals surface area contributed by atoms with Crippen molar-refractivity contribution in [3.63, 3.8) is 0 Å². The Morgan fingerprint density at radius 1 is 0.516 bits per heavy atom. The number of pyridine rings is 1. The summed E-state index contributed by atoms with van der Waals surface area (Å²) in [4.78, 5) is 15.3. The van der Waals surface area contributed by atoms with Crippen LogP contribution in [-0.4, -0.2) is 34.5 Å². The number of benzene rings is 5. The normalized spacial score (nSPS) is 12.3. The zero-order valence-corrected chi connectivity index (χ0v) is 43.9. The van der Waals surface area contributed by atoms with Gasteiger partial charge in [0.1, 0.15) is 0 Å². The molecule has 1 atom stereocenters. The largest absolute Gasteiger partial charge is 4.00 e. The summed E-state index contributed by atoms with van der Waals surface area (Å²) in [6.45, 7) is 29.4. The summed E-state index contributed by atoms with van der Waals surface area (Å²) in [6, 6.07) is 57.0. The van der Waals surface area contributed by atoms with E-state index in [1.54, 1.807) is 0 Å². The van der Waals surface area contributed by atoms with Crippen LogP contribution in [0.25, 0.3) is 20.7 Å². The molecule has 0 radical (unpaired) electrons. The number of aryl methyl sites for hydroxylation is 1. The minimum atomic E-state index is -1.69. The van der Waals surface area contributed by atoms with Gasteiger partial charge in [-0.1, -0.05) is 246 Å². The van der Waals surface area contributed by atoms with E-state index in [4.69, 9.17) is 20.7 Å². The van der Waals surface area contributed by atoms with Gasteiger partial charge in [-0.25, -0.2) is 0 Å². The van der Waals surface area contributed by atoms with Gasteiger partial charge in [-0.05, 0) is 48.7 Å². The average molecular weight is 939 g/mol. The van der Waals surface area contributed by atoms with Gasteiger partial charge < -0.3 is 25.7 Å².